The number of nitrogens with zero attached hydrogens (tertiary/aromatic N) is 4. The van der Waals surface area contributed by atoms with Crippen LogP contribution in [0.3, 0.4) is 0 Å². The second-order valence-electron chi connectivity index (χ2n) is 5.16. The molecule has 0 amide bonds. The molecule has 20 heavy (non-hydrogen) atoms. The molecule has 0 saturated heterocycles. The largest absolute Gasteiger partial charge is 0.311 e. The normalized spacial score (nSPS) is 12.8. The Bertz CT molecular complexity index is 547. The molecule has 2 rings (SSSR count). The molecule has 0 spiro atoms. The molecule has 0 bridgehead atoms. The van der Waals surface area contributed by atoms with Crippen LogP contribution in [-0.4, -0.2) is 26.8 Å². The Kier molecular flexibility index (Phi) is 4.84. The van der Waals surface area contributed by atoms with Crippen LogP contribution in [0.1, 0.15) is 49.9 Å². The van der Waals surface area contributed by atoms with Crippen LogP contribution in [0.15, 0.2) is 24.7 Å². The minimum atomic E-state index is 0.160. The predicted octanol–water partition coefficient (Wildman–Crippen LogP) is 2.32. The number of aromatic nitrogens is 4. The van der Waals surface area contributed by atoms with Crippen LogP contribution in [0.2, 0.25) is 0 Å². The zero-order chi connectivity index (χ0) is 14.5. The summed E-state index contributed by atoms with van der Waals surface area (Å²) in [4.78, 5) is 8.95. The number of pyridine rings is 1. The lowest BCUT2D eigenvalue weighted by Crippen LogP contribution is -2.23. The fourth-order valence-corrected chi connectivity index (χ4v) is 2.43. The van der Waals surface area contributed by atoms with E-state index < -0.39 is 0 Å². The van der Waals surface area contributed by atoms with Gasteiger partial charge in [0, 0.05) is 18.7 Å². The topological polar surface area (TPSA) is 55.6 Å². The van der Waals surface area contributed by atoms with Crippen molar-refractivity contribution in [2.24, 2.45) is 0 Å². The van der Waals surface area contributed by atoms with Gasteiger partial charge in [-0.15, -0.1) is 0 Å². The lowest BCUT2D eigenvalue weighted by atomic mass is 10.0. The van der Waals surface area contributed by atoms with E-state index in [1.165, 1.54) is 5.56 Å². The first-order valence-corrected chi connectivity index (χ1v) is 7.16. The molecule has 0 aliphatic carbocycles. The number of rotatable bonds is 6. The summed E-state index contributed by atoms with van der Waals surface area (Å²) in [6.45, 7) is 6.39. The Morgan fingerprint density at radius 2 is 2.10 bits per heavy atom. The molecule has 0 aliphatic heterocycles. The molecule has 1 atom stereocenters. The Hall–Kier alpha value is -1.75. The fourth-order valence-electron chi connectivity index (χ4n) is 2.43. The molecule has 1 N–H and O–H groups in total. The van der Waals surface area contributed by atoms with Gasteiger partial charge < -0.3 is 5.32 Å². The molecule has 0 aromatic carbocycles. The van der Waals surface area contributed by atoms with Gasteiger partial charge in [-0.25, -0.2) is 9.67 Å². The van der Waals surface area contributed by atoms with Crippen LogP contribution in [0.5, 0.6) is 0 Å². The SMILES string of the molecule is CCc1cccnc1C(Cc1ncnn1C(C)C)NC. The van der Waals surface area contributed by atoms with E-state index in [2.05, 4.69) is 47.2 Å². The summed E-state index contributed by atoms with van der Waals surface area (Å²) in [6.07, 6.45) is 5.25. The van der Waals surface area contributed by atoms with Crippen LogP contribution in [0, 0.1) is 0 Å². The highest BCUT2D eigenvalue weighted by Gasteiger charge is 2.18. The predicted molar refractivity (Wildman–Crippen MR) is 79.5 cm³/mol. The quantitative estimate of drug-likeness (QED) is 0.877. The molecule has 0 fully saturated rings. The van der Waals surface area contributed by atoms with Crippen molar-refractivity contribution in [3.05, 3.63) is 41.7 Å². The van der Waals surface area contributed by atoms with Gasteiger partial charge in [0.1, 0.15) is 12.2 Å². The molecule has 2 aromatic rings. The summed E-state index contributed by atoms with van der Waals surface area (Å²) in [5.41, 5.74) is 2.39. The van der Waals surface area contributed by atoms with Gasteiger partial charge in [-0.2, -0.15) is 5.10 Å². The van der Waals surface area contributed by atoms with Crippen LogP contribution >= 0.6 is 0 Å². The monoisotopic (exact) mass is 273 g/mol. The van der Waals surface area contributed by atoms with Gasteiger partial charge in [-0.3, -0.25) is 4.98 Å². The van der Waals surface area contributed by atoms with Crippen molar-refractivity contribution in [3.63, 3.8) is 0 Å². The molecule has 0 radical (unpaired) electrons. The third-order valence-electron chi connectivity index (χ3n) is 3.51. The maximum Gasteiger partial charge on any atom is 0.138 e. The first kappa shape index (κ1) is 14.7. The zero-order valence-corrected chi connectivity index (χ0v) is 12.7. The van der Waals surface area contributed by atoms with E-state index >= 15 is 0 Å². The number of hydrogen-bond acceptors (Lipinski definition) is 4. The maximum atomic E-state index is 4.56. The van der Waals surface area contributed by atoms with Crippen molar-refractivity contribution in [3.8, 4) is 0 Å². The maximum absolute atomic E-state index is 4.56. The molecular formula is C15H23N5. The van der Waals surface area contributed by atoms with E-state index in [1.54, 1.807) is 6.33 Å². The van der Waals surface area contributed by atoms with Crippen molar-refractivity contribution >= 4 is 0 Å². The summed E-state index contributed by atoms with van der Waals surface area (Å²) >= 11 is 0. The van der Waals surface area contributed by atoms with Crippen LogP contribution in [-0.2, 0) is 12.8 Å². The highest BCUT2D eigenvalue weighted by molar-refractivity contribution is 5.23. The van der Waals surface area contributed by atoms with Gasteiger partial charge in [0.05, 0.1) is 11.7 Å². The van der Waals surface area contributed by atoms with Crippen molar-refractivity contribution in [2.75, 3.05) is 7.05 Å². The second kappa shape index (κ2) is 6.61. The summed E-state index contributed by atoms with van der Waals surface area (Å²) in [6, 6.07) is 4.61. The van der Waals surface area contributed by atoms with Crippen molar-refractivity contribution < 1.29 is 0 Å². The van der Waals surface area contributed by atoms with Gasteiger partial charge >= 0.3 is 0 Å². The standard InChI is InChI=1S/C15H23N5/c1-5-12-7-6-8-17-15(12)13(16-4)9-14-18-10-19-20(14)11(2)3/h6-8,10-11,13,16H,5,9H2,1-4H3. The van der Waals surface area contributed by atoms with Gasteiger partial charge in [0.15, 0.2) is 0 Å². The van der Waals surface area contributed by atoms with Crippen LogP contribution in [0.25, 0.3) is 0 Å². The van der Waals surface area contributed by atoms with E-state index in [0.29, 0.717) is 6.04 Å². The molecule has 5 nitrogen and oxygen atoms in total. The van der Waals surface area contributed by atoms with Crippen molar-refractivity contribution in [1.29, 1.82) is 0 Å². The number of hydrogen-bond donors (Lipinski definition) is 1. The summed E-state index contributed by atoms with van der Waals surface area (Å²) in [5.74, 6) is 0.993. The average Bonchev–Trinajstić information content (AvgIpc) is 2.93. The Morgan fingerprint density at radius 3 is 2.75 bits per heavy atom. The molecule has 0 aliphatic rings. The van der Waals surface area contributed by atoms with Gasteiger partial charge in [0.25, 0.3) is 0 Å². The van der Waals surface area contributed by atoms with Crippen LogP contribution < -0.4 is 5.32 Å². The Labute approximate surface area is 120 Å². The summed E-state index contributed by atoms with van der Waals surface area (Å²) in [7, 11) is 1.97. The molecule has 2 aromatic heterocycles. The molecule has 1 unspecified atom stereocenters. The van der Waals surface area contributed by atoms with E-state index in [-0.39, 0.29) is 6.04 Å². The van der Waals surface area contributed by atoms with Gasteiger partial charge in [0.2, 0.25) is 0 Å². The molecule has 108 valence electrons. The van der Waals surface area contributed by atoms with E-state index in [0.717, 1.165) is 24.4 Å². The third kappa shape index (κ3) is 3.04. The number of likely N-dealkylation sites (N-methyl/N-ethyl adjacent to an activating group) is 1. The smallest absolute Gasteiger partial charge is 0.138 e. The number of nitrogens with one attached hydrogen (secondary N) is 1. The molecular weight excluding hydrogens is 250 g/mol. The highest BCUT2D eigenvalue weighted by atomic mass is 15.3. The lowest BCUT2D eigenvalue weighted by Gasteiger charge is -2.19. The minimum Gasteiger partial charge on any atom is -0.311 e. The van der Waals surface area contributed by atoms with E-state index in [1.807, 2.05) is 24.0 Å². The highest BCUT2D eigenvalue weighted by Crippen LogP contribution is 2.20. The minimum absolute atomic E-state index is 0.160. The first-order valence-electron chi connectivity index (χ1n) is 7.16. The second-order valence-corrected chi connectivity index (χ2v) is 5.16. The van der Waals surface area contributed by atoms with Gasteiger partial charge in [-0.1, -0.05) is 13.0 Å². The average molecular weight is 273 g/mol. The van der Waals surface area contributed by atoms with Gasteiger partial charge in [-0.05, 0) is 38.9 Å². The molecule has 2 heterocycles. The summed E-state index contributed by atoms with van der Waals surface area (Å²) < 4.78 is 1.97. The first-order chi connectivity index (χ1) is 9.67. The van der Waals surface area contributed by atoms with Crippen LogP contribution in [0.4, 0.5) is 0 Å². The van der Waals surface area contributed by atoms with Crippen molar-refractivity contribution in [1.82, 2.24) is 25.1 Å². The van der Waals surface area contributed by atoms with Crippen molar-refractivity contribution in [2.45, 2.75) is 45.7 Å². The van der Waals surface area contributed by atoms with E-state index in [4.69, 9.17) is 0 Å². The molecule has 5 heteroatoms. The Morgan fingerprint density at radius 1 is 1.30 bits per heavy atom. The van der Waals surface area contributed by atoms with E-state index in [9.17, 15) is 0 Å². The number of aryl methyl sites for hydroxylation is 1. The zero-order valence-electron chi connectivity index (χ0n) is 12.7. The Balaban J connectivity index is 2.27. The summed E-state index contributed by atoms with van der Waals surface area (Å²) in [5, 5.41) is 7.65. The third-order valence-corrected chi connectivity index (χ3v) is 3.51. The molecule has 0 saturated carbocycles. The fraction of sp³-hybridized carbons (Fsp3) is 0.533. The lowest BCUT2D eigenvalue weighted by molar-refractivity contribution is 0.473.